The van der Waals surface area contributed by atoms with Gasteiger partial charge in [-0.25, -0.2) is 9.13 Å². The molecule has 0 saturated carbocycles. The van der Waals surface area contributed by atoms with Crippen molar-refractivity contribution < 1.29 is 37.8 Å². The van der Waals surface area contributed by atoms with E-state index < -0.39 is 15.6 Å². The van der Waals surface area contributed by atoms with E-state index in [2.05, 4.69) is 14.6 Å². The molecule has 1 unspecified atom stereocenters. The summed E-state index contributed by atoms with van der Waals surface area (Å²) in [6.45, 7) is 1.47. The van der Waals surface area contributed by atoms with Crippen LogP contribution in [-0.2, 0) is 18.0 Å². The van der Waals surface area contributed by atoms with E-state index in [4.69, 9.17) is 19.8 Å². The van der Waals surface area contributed by atoms with E-state index in [9.17, 15) is 9.13 Å². The summed E-state index contributed by atoms with van der Waals surface area (Å²) in [6, 6.07) is 0. The summed E-state index contributed by atoms with van der Waals surface area (Å²) in [5.74, 6) is 0.0520. The molecule has 106 valence electrons. The van der Waals surface area contributed by atoms with Gasteiger partial charge >= 0.3 is 15.6 Å². The van der Waals surface area contributed by atoms with E-state index in [1.54, 1.807) is 13.0 Å². The predicted molar refractivity (Wildman–Crippen MR) is 62.7 cm³/mol. The molecule has 0 aromatic carbocycles. The molecule has 0 aliphatic carbocycles. The molecule has 0 aliphatic rings. The van der Waals surface area contributed by atoms with Gasteiger partial charge in [0.25, 0.3) is 0 Å². The zero-order valence-electron chi connectivity index (χ0n) is 9.72. The first kappa shape index (κ1) is 17.6. The van der Waals surface area contributed by atoms with Crippen molar-refractivity contribution in [3.8, 4) is 0 Å². The van der Waals surface area contributed by atoms with Crippen LogP contribution in [0.3, 0.4) is 0 Å². The number of unbranched alkanes of at least 4 members (excludes halogenated alkanes) is 1. The first-order valence-electron chi connectivity index (χ1n) is 4.99. The van der Waals surface area contributed by atoms with E-state index >= 15 is 0 Å². The Morgan fingerprint density at radius 3 is 2.39 bits per heavy atom. The number of aliphatic hydroxyl groups excluding tert-OH is 1. The van der Waals surface area contributed by atoms with Crippen molar-refractivity contribution in [2.75, 3.05) is 6.61 Å². The lowest BCUT2D eigenvalue weighted by molar-refractivity contribution is 0.176. The van der Waals surface area contributed by atoms with Crippen molar-refractivity contribution in [3.05, 3.63) is 17.6 Å². The highest BCUT2D eigenvalue weighted by Crippen LogP contribution is 2.57. The summed E-state index contributed by atoms with van der Waals surface area (Å²) < 4.78 is 29.2. The lowest BCUT2D eigenvalue weighted by Gasteiger charge is -2.11. The third kappa shape index (κ3) is 10.7. The zero-order valence-corrected chi connectivity index (χ0v) is 11.5. The summed E-state index contributed by atoms with van der Waals surface area (Å²) in [6.07, 6.45) is 2.64. The predicted octanol–water partition coefficient (Wildman–Crippen LogP) is 2.00. The summed E-state index contributed by atoms with van der Waals surface area (Å²) in [5.41, 5.74) is 2.56. The van der Waals surface area contributed by atoms with Gasteiger partial charge in [0.2, 0.25) is 0 Å². The maximum absolute atomic E-state index is 11.0. The second-order valence-electron chi connectivity index (χ2n) is 3.21. The lowest BCUT2D eigenvalue weighted by atomic mass is 10.2. The van der Waals surface area contributed by atoms with Gasteiger partial charge in [-0.2, -0.15) is 4.31 Å². The van der Waals surface area contributed by atoms with Gasteiger partial charge in [-0.3, -0.25) is 4.52 Å². The molecule has 18 heavy (non-hydrogen) atoms. The van der Waals surface area contributed by atoms with Crippen LogP contribution in [0.5, 0.6) is 0 Å². The van der Waals surface area contributed by atoms with Gasteiger partial charge in [-0.15, -0.1) is 0 Å². The average Bonchev–Trinajstić information content (AvgIpc) is 2.13. The van der Waals surface area contributed by atoms with Crippen molar-refractivity contribution in [1.82, 2.24) is 0 Å². The monoisotopic (exact) mass is 302 g/mol. The molecule has 0 aromatic heterocycles. The molecule has 0 fully saturated rings. The minimum atomic E-state index is -5.06. The number of hydrogen-bond acceptors (Lipinski definition) is 5. The Morgan fingerprint density at radius 1 is 1.28 bits per heavy atom. The first-order valence-corrected chi connectivity index (χ1v) is 8.02. The fourth-order valence-corrected chi connectivity index (χ4v) is 2.59. The minimum Gasteiger partial charge on any atom is -0.505 e. The molecule has 0 radical (unpaired) electrons. The maximum atomic E-state index is 11.0. The fraction of sp³-hybridized carbons (Fsp3) is 0.625. The number of allylic oxidation sites excluding steroid dienone is 1. The van der Waals surface area contributed by atoms with Crippen LogP contribution in [0.1, 0.15) is 26.2 Å². The van der Waals surface area contributed by atoms with Crippen molar-refractivity contribution in [2.24, 2.45) is 0 Å². The van der Waals surface area contributed by atoms with Gasteiger partial charge in [0.15, 0.2) is 0 Å². The van der Waals surface area contributed by atoms with E-state index in [0.29, 0.717) is 19.3 Å². The minimum absolute atomic E-state index is 0.0520. The van der Waals surface area contributed by atoms with Crippen molar-refractivity contribution in [3.63, 3.8) is 0 Å². The molecule has 8 nitrogen and oxygen atoms in total. The molecule has 4 N–H and O–H groups in total. The van der Waals surface area contributed by atoms with Crippen molar-refractivity contribution in [2.45, 2.75) is 26.2 Å². The summed E-state index contributed by atoms with van der Waals surface area (Å²) in [7, 11) is -9.81. The number of rotatable bonds is 8. The van der Waals surface area contributed by atoms with Crippen LogP contribution in [-0.4, -0.2) is 26.4 Å². The Balaban J connectivity index is 3.89. The second-order valence-corrected chi connectivity index (χ2v) is 6.04. The van der Waals surface area contributed by atoms with Gasteiger partial charge in [-0.1, -0.05) is 5.73 Å². The molecule has 0 aliphatic heterocycles. The molecule has 0 bridgehead atoms. The molecule has 0 spiro atoms. The molecule has 10 heteroatoms. The largest absolute Gasteiger partial charge is 0.505 e. The van der Waals surface area contributed by atoms with Crippen molar-refractivity contribution >= 4 is 15.6 Å². The maximum Gasteiger partial charge on any atom is 0.481 e. The van der Waals surface area contributed by atoms with Crippen LogP contribution < -0.4 is 0 Å². The van der Waals surface area contributed by atoms with E-state index in [0.717, 1.165) is 0 Å². The van der Waals surface area contributed by atoms with E-state index in [1.807, 2.05) is 0 Å². The normalized spacial score (nSPS) is 14.7. The lowest BCUT2D eigenvalue weighted by Crippen LogP contribution is -1.96. The summed E-state index contributed by atoms with van der Waals surface area (Å²) >= 11 is 0. The molecule has 1 atom stereocenters. The van der Waals surface area contributed by atoms with E-state index in [-0.39, 0.29) is 12.4 Å². The Kier molecular flexibility index (Phi) is 7.71. The Labute approximate surface area is 104 Å². The number of phosphoric ester groups is 1. The quantitative estimate of drug-likeness (QED) is 0.231. The third-order valence-corrected chi connectivity index (χ3v) is 3.77. The number of aliphatic hydroxyl groups is 1. The van der Waals surface area contributed by atoms with Gasteiger partial charge < -0.3 is 19.8 Å². The number of hydrogen-bond donors (Lipinski definition) is 4. The highest BCUT2D eigenvalue weighted by molar-refractivity contribution is 7.60. The van der Waals surface area contributed by atoms with Gasteiger partial charge in [-0.05, 0) is 25.8 Å². The van der Waals surface area contributed by atoms with Gasteiger partial charge in [0.05, 0.1) is 6.61 Å². The smallest absolute Gasteiger partial charge is 0.481 e. The summed E-state index contributed by atoms with van der Waals surface area (Å²) in [5, 5.41) is 9.16. The third-order valence-electron chi connectivity index (χ3n) is 1.58. The van der Waals surface area contributed by atoms with Crippen LogP contribution in [0.25, 0.3) is 0 Å². The zero-order chi connectivity index (χ0) is 14.2. The molecule has 0 saturated heterocycles. The standard InChI is InChI=1S/C8H16O8P2/c1-2-5-8(9)6-3-4-7-15-18(13,14)16-17(10,11)12/h2,9H,3-4,6-7H2,1H3,(H,13,14)(H2,10,11,12). The summed E-state index contributed by atoms with van der Waals surface area (Å²) in [4.78, 5) is 25.5. The molecular weight excluding hydrogens is 286 g/mol. The Hall–Kier alpha value is -0.420. The van der Waals surface area contributed by atoms with Crippen LogP contribution in [0.4, 0.5) is 0 Å². The van der Waals surface area contributed by atoms with Crippen LogP contribution in [0.15, 0.2) is 17.6 Å². The Morgan fingerprint density at radius 2 is 1.89 bits per heavy atom. The first-order chi connectivity index (χ1) is 8.16. The molecule has 0 amide bonds. The molecular formula is C8H16O8P2. The second kappa shape index (κ2) is 7.89. The molecule has 0 aromatic rings. The molecule has 0 rings (SSSR count). The van der Waals surface area contributed by atoms with Crippen molar-refractivity contribution in [1.29, 1.82) is 0 Å². The average molecular weight is 302 g/mol. The highest BCUT2D eigenvalue weighted by atomic mass is 31.3. The van der Waals surface area contributed by atoms with Crippen LogP contribution in [0, 0.1) is 0 Å². The topological polar surface area (TPSA) is 134 Å². The highest BCUT2D eigenvalue weighted by Gasteiger charge is 2.31. The van der Waals surface area contributed by atoms with Gasteiger partial charge in [0, 0.05) is 6.42 Å². The SMILES string of the molecule is CC=C=C(O)CCCCOP(=O)(O)OP(=O)(O)O. The molecule has 0 heterocycles. The van der Waals surface area contributed by atoms with Crippen LogP contribution >= 0.6 is 15.6 Å². The number of phosphoric acid groups is 2. The fourth-order valence-electron chi connectivity index (χ4n) is 0.971. The van der Waals surface area contributed by atoms with Crippen LogP contribution in [0.2, 0.25) is 0 Å². The van der Waals surface area contributed by atoms with Gasteiger partial charge in [0.1, 0.15) is 5.76 Å². The van der Waals surface area contributed by atoms with E-state index in [1.165, 1.54) is 0 Å². The Bertz CT molecular complexity index is 405.